The molecule has 28 heavy (non-hydrogen) atoms. The Morgan fingerprint density at radius 3 is 2.71 bits per heavy atom. The molecular formula is C19H17ClN2O4S2. The van der Waals surface area contributed by atoms with E-state index in [1.54, 1.807) is 39.2 Å². The zero-order chi connectivity index (χ0) is 20.6. The number of rotatable bonds is 5. The fourth-order valence-electron chi connectivity index (χ4n) is 2.92. The highest BCUT2D eigenvalue weighted by Crippen LogP contribution is 2.36. The molecule has 0 spiro atoms. The molecule has 1 aliphatic rings. The van der Waals surface area contributed by atoms with Gasteiger partial charge in [-0.25, -0.2) is 9.78 Å². The number of ether oxygens (including phenoxy) is 1. The fraction of sp³-hybridized carbons (Fsp3) is 0.263. The van der Waals surface area contributed by atoms with Crippen LogP contribution in [0.4, 0.5) is 0 Å². The number of benzene rings is 1. The summed E-state index contributed by atoms with van der Waals surface area (Å²) in [5.41, 5.74) is 1.22. The quantitative estimate of drug-likeness (QED) is 0.427. The number of carbonyl (C=O) groups is 2. The van der Waals surface area contributed by atoms with E-state index in [0.717, 1.165) is 22.0 Å². The monoisotopic (exact) mass is 436 g/mol. The molecule has 0 bridgehead atoms. The van der Waals surface area contributed by atoms with E-state index in [1.165, 1.54) is 0 Å². The summed E-state index contributed by atoms with van der Waals surface area (Å²) in [4.78, 5) is 30.3. The number of methoxy groups -OCH3 is 1. The first-order valence-corrected chi connectivity index (χ1v) is 9.97. The van der Waals surface area contributed by atoms with E-state index >= 15 is 0 Å². The molecule has 146 valence electrons. The molecule has 2 aromatic rings. The van der Waals surface area contributed by atoms with Gasteiger partial charge in [-0.2, -0.15) is 0 Å². The summed E-state index contributed by atoms with van der Waals surface area (Å²) in [6, 6.07) is 6.22. The van der Waals surface area contributed by atoms with Gasteiger partial charge in [-0.1, -0.05) is 49.4 Å². The van der Waals surface area contributed by atoms with Gasteiger partial charge in [0, 0.05) is 17.0 Å². The number of carbonyl (C=O) groups excluding carboxylic acids is 1. The Balaban J connectivity index is 2.00. The van der Waals surface area contributed by atoms with Crippen LogP contribution in [0.3, 0.4) is 0 Å². The lowest BCUT2D eigenvalue weighted by molar-refractivity contribution is -0.146. The lowest BCUT2D eigenvalue weighted by Crippen LogP contribution is -2.47. The summed E-state index contributed by atoms with van der Waals surface area (Å²) < 4.78 is 5.40. The van der Waals surface area contributed by atoms with Crippen LogP contribution in [-0.4, -0.2) is 44.3 Å². The number of pyridine rings is 1. The van der Waals surface area contributed by atoms with Crippen LogP contribution >= 0.6 is 35.6 Å². The van der Waals surface area contributed by atoms with Crippen LogP contribution < -0.4 is 4.74 Å². The third-order valence-electron chi connectivity index (χ3n) is 4.28. The number of fused-ring (bicyclic) bond motifs is 1. The summed E-state index contributed by atoms with van der Waals surface area (Å²) in [7, 11) is 1.57. The third-order valence-corrected chi connectivity index (χ3v) is 5.91. The molecule has 0 aliphatic carbocycles. The van der Waals surface area contributed by atoms with E-state index in [1.807, 2.05) is 12.1 Å². The number of halogens is 1. The molecule has 3 rings (SSSR count). The number of carboxylic acid groups (broad SMARTS) is 1. The van der Waals surface area contributed by atoms with Gasteiger partial charge >= 0.3 is 5.97 Å². The maximum absolute atomic E-state index is 12.8. The van der Waals surface area contributed by atoms with Gasteiger partial charge in [0.1, 0.15) is 21.3 Å². The molecule has 6 nitrogen and oxygen atoms in total. The van der Waals surface area contributed by atoms with Gasteiger partial charge in [0.05, 0.1) is 17.5 Å². The highest BCUT2D eigenvalue weighted by atomic mass is 35.5. The van der Waals surface area contributed by atoms with Crippen LogP contribution in [0.2, 0.25) is 5.15 Å². The summed E-state index contributed by atoms with van der Waals surface area (Å²) in [6.45, 7) is 3.47. The van der Waals surface area contributed by atoms with E-state index in [4.69, 9.17) is 28.6 Å². The van der Waals surface area contributed by atoms with Crippen LogP contribution in [0, 0.1) is 5.92 Å². The minimum absolute atomic E-state index is 0.215. The van der Waals surface area contributed by atoms with Crippen molar-refractivity contribution in [3.63, 3.8) is 0 Å². The predicted octanol–water partition coefficient (Wildman–Crippen LogP) is 4.21. The highest BCUT2D eigenvalue weighted by Gasteiger charge is 2.41. The first-order chi connectivity index (χ1) is 13.2. The first kappa shape index (κ1) is 20.6. The minimum Gasteiger partial charge on any atom is -0.497 e. The molecule has 1 fully saturated rings. The van der Waals surface area contributed by atoms with Gasteiger partial charge in [-0.15, -0.1) is 0 Å². The molecule has 2 heterocycles. The van der Waals surface area contributed by atoms with Crippen molar-refractivity contribution >= 4 is 68.8 Å². The van der Waals surface area contributed by atoms with Crippen LogP contribution in [0.1, 0.15) is 19.4 Å². The summed E-state index contributed by atoms with van der Waals surface area (Å²) >= 11 is 12.6. The largest absolute Gasteiger partial charge is 0.497 e. The van der Waals surface area contributed by atoms with Crippen LogP contribution in [-0.2, 0) is 9.59 Å². The van der Waals surface area contributed by atoms with E-state index in [2.05, 4.69) is 4.98 Å². The Hall–Kier alpha value is -2.16. The lowest BCUT2D eigenvalue weighted by atomic mass is 10.0. The molecular weight excluding hydrogens is 420 g/mol. The number of hydrogen-bond acceptors (Lipinski definition) is 6. The predicted molar refractivity (Wildman–Crippen MR) is 115 cm³/mol. The van der Waals surface area contributed by atoms with E-state index in [9.17, 15) is 14.7 Å². The minimum atomic E-state index is -1.09. The summed E-state index contributed by atoms with van der Waals surface area (Å²) in [5, 5.41) is 10.6. The maximum atomic E-state index is 12.8. The smallest absolute Gasteiger partial charge is 0.327 e. The van der Waals surface area contributed by atoms with Crippen LogP contribution in [0.15, 0.2) is 29.2 Å². The number of amides is 1. The van der Waals surface area contributed by atoms with Gasteiger partial charge < -0.3 is 9.84 Å². The Morgan fingerprint density at radius 2 is 2.11 bits per heavy atom. The SMILES string of the molecule is COc1ccc2cc(/C=C3\SC(=S)N([C@H](C(=O)O)C(C)C)C3=O)c(Cl)nc2c1. The molecule has 9 heteroatoms. The molecule has 1 atom stereocenters. The lowest BCUT2D eigenvalue weighted by Gasteiger charge is -2.26. The van der Waals surface area contributed by atoms with Gasteiger partial charge in [-0.3, -0.25) is 9.69 Å². The number of aliphatic carboxylic acids is 1. The first-order valence-electron chi connectivity index (χ1n) is 8.37. The van der Waals surface area contributed by atoms with Gasteiger partial charge in [-0.05, 0) is 30.2 Å². The van der Waals surface area contributed by atoms with Gasteiger partial charge in [0.2, 0.25) is 0 Å². The normalized spacial score (nSPS) is 17.0. The summed E-state index contributed by atoms with van der Waals surface area (Å²) in [6.07, 6.45) is 1.59. The van der Waals surface area contributed by atoms with Crippen molar-refractivity contribution in [3.8, 4) is 5.75 Å². The molecule has 1 amide bonds. The number of hydrogen-bond donors (Lipinski definition) is 1. The maximum Gasteiger partial charge on any atom is 0.327 e. The van der Waals surface area contributed by atoms with Crippen molar-refractivity contribution in [1.82, 2.24) is 9.88 Å². The van der Waals surface area contributed by atoms with Crippen molar-refractivity contribution in [2.24, 2.45) is 5.92 Å². The second-order valence-corrected chi connectivity index (χ2v) is 8.54. The van der Waals surface area contributed by atoms with Gasteiger partial charge in [0.25, 0.3) is 5.91 Å². The molecule has 0 saturated carbocycles. The van der Waals surface area contributed by atoms with Crippen molar-refractivity contribution < 1.29 is 19.4 Å². The van der Waals surface area contributed by atoms with Crippen molar-refractivity contribution in [2.45, 2.75) is 19.9 Å². The number of thioether (sulfide) groups is 1. The zero-order valence-corrected chi connectivity index (χ0v) is 17.7. The molecule has 1 saturated heterocycles. The number of aromatic nitrogens is 1. The Morgan fingerprint density at radius 1 is 1.39 bits per heavy atom. The highest BCUT2D eigenvalue weighted by molar-refractivity contribution is 8.26. The number of nitrogens with zero attached hydrogens (tertiary/aromatic N) is 2. The van der Waals surface area contributed by atoms with Crippen molar-refractivity contribution in [1.29, 1.82) is 0 Å². The van der Waals surface area contributed by atoms with Crippen LogP contribution in [0.5, 0.6) is 5.75 Å². The molecule has 0 radical (unpaired) electrons. The third kappa shape index (κ3) is 3.85. The molecule has 0 unspecified atom stereocenters. The van der Waals surface area contributed by atoms with Crippen LogP contribution in [0.25, 0.3) is 17.0 Å². The van der Waals surface area contributed by atoms with Gasteiger partial charge in [0.15, 0.2) is 0 Å². The van der Waals surface area contributed by atoms with Crippen molar-refractivity contribution in [2.75, 3.05) is 7.11 Å². The number of carboxylic acids is 1. The fourth-order valence-corrected chi connectivity index (χ4v) is 4.44. The average molecular weight is 437 g/mol. The zero-order valence-electron chi connectivity index (χ0n) is 15.3. The van der Waals surface area contributed by atoms with E-state index < -0.39 is 17.9 Å². The second kappa shape index (κ2) is 8.06. The number of thiocarbonyl (C=S) groups is 1. The standard InChI is InChI=1S/C19H17ClN2O4S2/c1-9(2)15(18(24)25)22-17(23)14(28-19(22)27)7-11-6-10-4-5-12(26-3)8-13(10)21-16(11)20/h4-9,15H,1-3H3,(H,24,25)/b14-7-/t15-/m0/s1. The average Bonchev–Trinajstić information content (AvgIpc) is 2.89. The Kier molecular flexibility index (Phi) is 5.92. The van der Waals surface area contributed by atoms with E-state index in [0.29, 0.717) is 21.7 Å². The molecule has 1 aliphatic heterocycles. The second-order valence-electron chi connectivity index (χ2n) is 6.51. The molecule has 1 N–H and O–H groups in total. The Labute approximate surface area is 176 Å². The topological polar surface area (TPSA) is 79.7 Å². The molecule has 1 aromatic heterocycles. The van der Waals surface area contributed by atoms with E-state index in [-0.39, 0.29) is 15.4 Å². The molecule has 1 aromatic carbocycles. The summed E-state index contributed by atoms with van der Waals surface area (Å²) in [5.74, 6) is -1.16. The Bertz CT molecular complexity index is 1020. The van der Waals surface area contributed by atoms with Crippen molar-refractivity contribution in [3.05, 3.63) is 39.9 Å².